The van der Waals surface area contributed by atoms with Crippen LogP contribution in [0.5, 0.6) is 0 Å². The van der Waals surface area contributed by atoms with Crippen LogP contribution >= 0.6 is 0 Å². The topological polar surface area (TPSA) is 38.5 Å². The van der Waals surface area contributed by atoms with Crippen LogP contribution in [0.15, 0.2) is 0 Å². The van der Waals surface area contributed by atoms with Gasteiger partial charge in [-0.05, 0) is 33.7 Å². The SMILES string of the molecule is COC1(CN)CC(C)N(C)C(C)C1. The number of ether oxygens (including phenoxy) is 1. The first-order valence-corrected chi connectivity index (χ1v) is 5.02. The van der Waals surface area contributed by atoms with Crippen molar-refractivity contribution in [1.29, 1.82) is 0 Å². The monoisotopic (exact) mass is 186 g/mol. The van der Waals surface area contributed by atoms with Crippen LogP contribution < -0.4 is 5.73 Å². The first-order chi connectivity index (χ1) is 6.04. The minimum absolute atomic E-state index is 0.0780. The lowest BCUT2D eigenvalue weighted by molar-refractivity contribution is -0.0797. The molecular formula is C10H22N2O. The molecule has 2 unspecified atom stereocenters. The summed E-state index contributed by atoms with van der Waals surface area (Å²) in [5.41, 5.74) is 5.70. The molecule has 1 aliphatic heterocycles. The molecule has 0 aromatic heterocycles. The van der Waals surface area contributed by atoms with E-state index in [-0.39, 0.29) is 5.60 Å². The molecule has 3 heteroatoms. The van der Waals surface area contributed by atoms with Crippen molar-refractivity contribution in [2.75, 3.05) is 20.7 Å². The van der Waals surface area contributed by atoms with E-state index in [1.54, 1.807) is 7.11 Å². The van der Waals surface area contributed by atoms with Crippen LogP contribution in [0.25, 0.3) is 0 Å². The summed E-state index contributed by atoms with van der Waals surface area (Å²) in [7, 11) is 3.95. The molecule has 1 rings (SSSR count). The summed E-state index contributed by atoms with van der Waals surface area (Å²) < 4.78 is 5.57. The van der Waals surface area contributed by atoms with E-state index in [4.69, 9.17) is 10.5 Å². The van der Waals surface area contributed by atoms with Gasteiger partial charge < -0.3 is 15.4 Å². The van der Waals surface area contributed by atoms with E-state index in [9.17, 15) is 0 Å². The highest BCUT2D eigenvalue weighted by molar-refractivity contribution is 4.94. The van der Waals surface area contributed by atoms with Crippen LogP contribution in [0.4, 0.5) is 0 Å². The lowest BCUT2D eigenvalue weighted by atomic mass is 9.83. The first-order valence-electron chi connectivity index (χ1n) is 5.02. The van der Waals surface area contributed by atoms with Crippen LogP contribution in [0, 0.1) is 0 Å². The van der Waals surface area contributed by atoms with E-state index < -0.39 is 0 Å². The zero-order chi connectivity index (χ0) is 10.1. The molecule has 0 saturated carbocycles. The fourth-order valence-electron chi connectivity index (χ4n) is 2.30. The van der Waals surface area contributed by atoms with Crippen molar-refractivity contribution >= 4 is 0 Å². The predicted molar refractivity (Wildman–Crippen MR) is 54.7 cm³/mol. The maximum Gasteiger partial charge on any atom is 0.0829 e. The van der Waals surface area contributed by atoms with Crippen LogP contribution in [-0.2, 0) is 4.74 Å². The van der Waals surface area contributed by atoms with Gasteiger partial charge in [-0.1, -0.05) is 0 Å². The zero-order valence-corrected chi connectivity index (χ0v) is 9.21. The smallest absolute Gasteiger partial charge is 0.0829 e. The Bertz CT molecular complexity index is 154. The van der Waals surface area contributed by atoms with Crippen molar-refractivity contribution in [2.24, 2.45) is 5.73 Å². The summed E-state index contributed by atoms with van der Waals surface area (Å²) in [5.74, 6) is 0. The highest BCUT2D eigenvalue weighted by atomic mass is 16.5. The number of methoxy groups -OCH3 is 1. The third-order valence-corrected chi connectivity index (χ3v) is 3.53. The Labute approximate surface area is 81.2 Å². The lowest BCUT2D eigenvalue weighted by Gasteiger charge is -2.46. The summed E-state index contributed by atoms with van der Waals surface area (Å²) in [5, 5.41) is 0. The Balaban J connectivity index is 2.71. The third kappa shape index (κ3) is 2.03. The van der Waals surface area contributed by atoms with Crippen LogP contribution in [0.1, 0.15) is 26.7 Å². The van der Waals surface area contributed by atoms with Crippen molar-refractivity contribution in [3.63, 3.8) is 0 Å². The molecule has 2 atom stereocenters. The standard InChI is InChI=1S/C10H22N2O/c1-8-5-10(7-11,13-4)6-9(2)12(8)3/h8-9H,5-7,11H2,1-4H3. The molecule has 13 heavy (non-hydrogen) atoms. The van der Waals surface area contributed by atoms with Crippen molar-refractivity contribution < 1.29 is 4.74 Å². The lowest BCUT2D eigenvalue weighted by Crippen LogP contribution is -2.56. The number of likely N-dealkylation sites (tertiary alicyclic amines) is 1. The molecule has 1 fully saturated rings. The Morgan fingerprint density at radius 1 is 1.38 bits per heavy atom. The Morgan fingerprint density at radius 3 is 2.15 bits per heavy atom. The minimum Gasteiger partial charge on any atom is -0.377 e. The number of nitrogens with zero attached hydrogens (tertiary/aromatic N) is 1. The highest BCUT2D eigenvalue weighted by Crippen LogP contribution is 2.31. The summed E-state index contributed by atoms with van der Waals surface area (Å²) in [6.07, 6.45) is 2.08. The number of piperidine rings is 1. The molecule has 78 valence electrons. The van der Waals surface area contributed by atoms with E-state index in [1.165, 1.54) is 0 Å². The molecule has 0 radical (unpaired) electrons. The molecule has 3 nitrogen and oxygen atoms in total. The number of hydrogen-bond donors (Lipinski definition) is 1. The van der Waals surface area contributed by atoms with Crippen molar-refractivity contribution in [3.8, 4) is 0 Å². The first kappa shape index (κ1) is 11.0. The number of hydrogen-bond acceptors (Lipinski definition) is 3. The van der Waals surface area contributed by atoms with Crippen molar-refractivity contribution in [2.45, 2.75) is 44.4 Å². The van der Waals surface area contributed by atoms with Crippen LogP contribution in [-0.4, -0.2) is 43.3 Å². The molecule has 2 N–H and O–H groups in total. The highest BCUT2D eigenvalue weighted by Gasteiger charge is 2.39. The third-order valence-electron chi connectivity index (χ3n) is 3.53. The van der Waals surface area contributed by atoms with Crippen LogP contribution in [0.2, 0.25) is 0 Å². The van der Waals surface area contributed by atoms with Gasteiger partial charge in [-0.3, -0.25) is 0 Å². The second-order valence-electron chi connectivity index (χ2n) is 4.36. The van der Waals surface area contributed by atoms with Gasteiger partial charge in [0, 0.05) is 25.7 Å². The van der Waals surface area contributed by atoms with Gasteiger partial charge in [0.2, 0.25) is 0 Å². The van der Waals surface area contributed by atoms with Gasteiger partial charge in [0.1, 0.15) is 0 Å². The second kappa shape index (κ2) is 3.95. The van der Waals surface area contributed by atoms with E-state index in [2.05, 4.69) is 25.8 Å². The Morgan fingerprint density at radius 2 is 1.85 bits per heavy atom. The summed E-state index contributed by atoms with van der Waals surface area (Å²) in [4.78, 5) is 2.40. The molecule has 0 spiro atoms. The zero-order valence-electron chi connectivity index (χ0n) is 9.21. The second-order valence-corrected chi connectivity index (χ2v) is 4.36. The van der Waals surface area contributed by atoms with E-state index in [0.29, 0.717) is 18.6 Å². The summed E-state index contributed by atoms with van der Waals surface area (Å²) in [6, 6.07) is 1.12. The van der Waals surface area contributed by atoms with Crippen LogP contribution in [0.3, 0.4) is 0 Å². The number of rotatable bonds is 2. The molecule has 1 aliphatic rings. The van der Waals surface area contributed by atoms with Gasteiger partial charge in [-0.25, -0.2) is 0 Å². The van der Waals surface area contributed by atoms with E-state index >= 15 is 0 Å². The fourth-order valence-corrected chi connectivity index (χ4v) is 2.30. The maximum atomic E-state index is 5.78. The molecular weight excluding hydrogens is 164 g/mol. The fraction of sp³-hybridized carbons (Fsp3) is 1.00. The minimum atomic E-state index is -0.0780. The molecule has 0 aromatic carbocycles. The largest absolute Gasteiger partial charge is 0.377 e. The Hall–Kier alpha value is -0.120. The van der Waals surface area contributed by atoms with Gasteiger partial charge in [-0.2, -0.15) is 0 Å². The average molecular weight is 186 g/mol. The molecule has 1 heterocycles. The maximum absolute atomic E-state index is 5.78. The normalized spacial score (nSPS) is 42.2. The quantitative estimate of drug-likeness (QED) is 0.694. The molecule has 0 aromatic rings. The molecule has 0 bridgehead atoms. The van der Waals surface area contributed by atoms with E-state index in [1.807, 2.05) is 0 Å². The average Bonchev–Trinajstić information content (AvgIpc) is 2.13. The van der Waals surface area contributed by atoms with Gasteiger partial charge in [-0.15, -0.1) is 0 Å². The summed E-state index contributed by atoms with van der Waals surface area (Å²) >= 11 is 0. The van der Waals surface area contributed by atoms with Gasteiger partial charge in [0.15, 0.2) is 0 Å². The molecule has 0 amide bonds. The van der Waals surface area contributed by atoms with Crippen molar-refractivity contribution in [3.05, 3.63) is 0 Å². The molecule has 1 saturated heterocycles. The van der Waals surface area contributed by atoms with Gasteiger partial charge in [0.25, 0.3) is 0 Å². The Kier molecular flexibility index (Phi) is 3.33. The predicted octanol–water partition coefficient (Wildman–Crippen LogP) is 0.833. The number of nitrogens with two attached hydrogens (primary N) is 1. The van der Waals surface area contributed by atoms with Gasteiger partial charge >= 0.3 is 0 Å². The van der Waals surface area contributed by atoms with E-state index in [0.717, 1.165) is 12.8 Å². The van der Waals surface area contributed by atoms with Crippen molar-refractivity contribution in [1.82, 2.24) is 4.90 Å². The van der Waals surface area contributed by atoms with Gasteiger partial charge in [0.05, 0.1) is 5.60 Å². The molecule has 0 aliphatic carbocycles. The summed E-state index contributed by atoms with van der Waals surface area (Å²) in [6.45, 7) is 5.10.